The third-order valence-electron chi connectivity index (χ3n) is 2.90. The van der Waals surface area contributed by atoms with Crippen molar-refractivity contribution in [3.63, 3.8) is 0 Å². The van der Waals surface area contributed by atoms with Crippen LogP contribution in [0.3, 0.4) is 0 Å². The minimum Gasteiger partial charge on any atom is -0.459 e. The van der Waals surface area contributed by atoms with Gasteiger partial charge in [-0.2, -0.15) is 0 Å². The van der Waals surface area contributed by atoms with E-state index < -0.39 is 5.91 Å². The molecular formula is C14H11N3O3. The van der Waals surface area contributed by atoms with Gasteiger partial charge in [0.2, 0.25) is 0 Å². The van der Waals surface area contributed by atoms with Gasteiger partial charge >= 0.3 is 0 Å². The number of anilines is 1. The molecule has 3 heterocycles. The van der Waals surface area contributed by atoms with Crippen LogP contribution in [0, 0.1) is 6.92 Å². The van der Waals surface area contributed by atoms with E-state index in [1.807, 2.05) is 0 Å². The van der Waals surface area contributed by atoms with Crippen molar-refractivity contribution in [2.24, 2.45) is 0 Å². The van der Waals surface area contributed by atoms with E-state index in [0.29, 0.717) is 11.3 Å². The summed E-state index contributed by atoms with van der Waals surface area (Å²) in [5.41, 5.74) is 0.815. The van der Waals surface area contributed by atoms with Crippen molar-refractivity contribution in [3.8, 4) is 0 Å². The van der Waals surface area contributed by atoms with Crippen LogP contribution < -0.4 is 10.9 Å². The molecule has 0 radical (unpaired) electrons. The van der Waals surface area contributed by atoms with E-state index in [2.05, 4.69) is 10.3 Å². The van der Waals surface area contributed by atoms with E-state index in [4.69, 9.17) is 4.42 Å². The maximum absolute atomic E-state index is 12.3. The van der Waals surface area contributed by atoms with Crippen molar-refractivity contribution in [2.75, 3.05) is 5.32 Å². The zero-order chi connectivity index (χ0) is 14.1. The maximum Gasteiger partial charge on any atom is 0.291 e. The molecule has 100 valence electrons. The summed E-state index contributed by atoms with van der Waals surface area (Å²) in [5, 5.41) is 2.54. The average molecular weight is 269 g/mol. The van der Waals surface area contributed by atoms with Gasteiger partial charge in [0.15, 0.2) is 5.76 Å². The van der Waals surface area contributed by atoms with Gasteiger partial charge in [0.1, 0.15) is 11.3 Å². The molecule has 3 aromatic rings. The number of rotatable bonds is 2. The fourth-order valence-corrected chi connectivity index (χ4v) is 1.93. The molecule has 1 amide bonds. The number of nitrogens with zero attached hydrogens (tertiary/aromatic N) is 2. The minimum absolute atomic E-state index is 0.141. The minimum atomic E-state index is -0.479. The first-order valence-corrected chi connectivity index (χ1v) is 5.99. The summed E-state index contributed by atoms with van der Waals surface area (Å²) in [6.45, 7) is 1.67. The standard InChI is InChI=1S/C14H11N3O3/c1-9-12(16-13(18)10-5-4-8-20-10)14(19)17-7-3-2-6-11(17)15-9/h2-8H,1H3,(H,16,18). The fraction of sp³-hybridized carbons (Fsp3) is 0.0714. The van der Waals surface area contributed by atoms with Crippen LogP contribution in [-0.2, 0) is 0 Å². The van der Waals surface area contributed by atoms with Crippen molar-refractivity contribution in [1.82, 2.24) is 9.38 Å². The molecule has 1 N–H and O–H groups in total. The number of aryl methyl sites for hydroxylation is 1. The van der Waals surface area contributed by atoms with Gasteiger partial charge in [-0.25, -0.2) is 4.98 Å². The number of fused-ring (bicyclic) bond motifs is 1. The van der Waals surface area contributed by atoms with Crippen LogP contribution in [0.1, 0.15) is 16.2 Å². The summed E-state index contributed by atoms with van der Waals surface area (Å²) in [5.74, 6) is -0.338. The van der Waals surface area contributed by atoms with Crippen LogP contribution in [-0.4, -0.2) is 15.3 Å². The van der Waals surface area contributed by atoms with Crippen molar-refractivity contribution >= 4 is 17.2 Å². The van der Waals surface area contributed by atoms with Crippen LogP contribution >= 0.6 is 0 Å². The monoisotopic (exact) mass is 269 g/mol. The summed E-state index contributed by atoms with van der Waals surface area (Å²) in [6, 6.07) is 8.38. The molecule has 0 saturated heterocycles. The molecule has 0 saturated carbocycles. The molecule has 0 aliphatic rings. The quantitative estimate of drug-likeness (QED) is 0.770. The number of pyridine rings is 1. The first-order chi connectivity index (χ1) is 9.66. The number of hydrogen-bond acceptors (Lipinski definition) is 4. The van der Waals surface area contributed by atoms with Crippen LogP contribution in [0.25, 0.3) is 5.65 Å². The molecule has 0 aliphatic heterocycles. The first kappa shape index (κ1) is 12.2. The van der Waals surface area contributed by atoms with Crippen LogP contribution in [0.2, 0.25) is 0 Å². The zero-order valence-corrected chi connectivity index (χ0v) is 10.7. The summed E-state index contributed by atoms with van der Waals surface area (Å²) >= 11 is 0. The van der Waals surface area contributed by atoms with Gasteiger partial charge in [-0.05, 0) is 31.2 Å². The Hall–Kier alpha value is -2.89. The third-order valence-corrected chi connectivity index (χ3v) is 2.90. The normalized spacial score (nSPS) is 10.7. The second-order valence-electron chi connectivity index (χ2n) is 4.24. The highest BCUT2D eigenvalue weighted by molar-refractivity contribution is 6.02. The molecule has 0 aliphatic carbocycles. The van der Waals surface area contributed by atoms with E-state index >= 15 is 0 Å². The van der Waals surface area contributed by atoms with Gasteiger partial charge in [-0.3, -0.25) is 14.0 Å². The van der Waals surface area contributed by atoms with Crippen molar-refractivity contribution in [2.45, 2.75) is 6.92 Å². The van der Waals surface area contributed by atoms with Crippen LogP contribution in [0.15, 0.2) is 52.0 Å². The third kappa shape index (κ3) is 1.97. The largest absolute Gasteiger partial charge is 0.459 e. The Morgan fingerprint density at radius 3 is 2.90 bits per heavy atom. The lowest BCUT2D eigenvalue weighted by molar-refractivity contribution is 0.0996. The topological polar surface area (TPSA) is 76.6 Å². The summed E-state index contributed by atoms with van der Waals surface area (Å²) < 4.78 is 6.37. The highest BCUT2D eigenvalue weighted by Gasteiger charge is 2.15. The summed E-state index contributed by atoms with van der Waals surface area (Å²) in [6.07, 6.45) is 3.00. The Balaban J connectivity index is 2.08. The summed E-state index contributed by atoms with van der Waals surface area (Å²) in [4.78, 5) is 28.6. The Labute approximate surface area is 113 Å². The number of carbonyl (C=O) groups is 1. The molecule has 6 heteroatoms. The molecule has 0 unspecified atom stereocenters. The van der Waals surface area contributed by atoms with Gasteiger partial charge in [-0.15, -0.1) is 0 Å². The van der Waals surface area contributed by atoms with E-state index in [1.54, 1.807) is 37.4 Å². The molecule has 3 aromatic heterocycles. The molecule has 0 spiro atoms. The predicted molar refractivity (Wildman–Crippen MR) is 72.9 cm³/mol. The number of aromatic nitrogens is 2. The van der Waals surface area contributed by atoms with Crippen molar-refractivity contribution < 1.29 is 9.21 Å². The molecule has 0 aromatic carbocycles. The Kier molecular flexibility index (Phi) is 2.83. The lowest BCUT2D eigenvalue weighted by atomic mass is 10.3. The number of furan rings is 1. The SMILES string of the molecule is Cc1nc2ccccn2c(=O)c1NC(=O)c1ccco1. The molecule has 0 fully saturated rings. The lowest BCUT2D eigenvalue weighted by Gasteiger charge is -2.08. The van der Waals surface area contributed by atoms with Crippen LogP contribution in [0.4, 0.5) is 5.69 Å². The number of nitrogens with one attached hydrogen (secondary N) is 1. The van der Waals surface area contributed by atoms with Gasteiger partial charge in [0.25, 0.3) is 11.5 Å². The molecule has 3 rings (SSSR count). The lowest BCUT2D eigenvalue weighted by Crippen LogP contribution is -2.24. The fourth-order valence-electron chi connectivity index (χ4n) is 1.93. The number of carbonyl (C=O) groups excluding carboxylic acids is 1. The van der Waals surface area contributed by atoms with Crippen molar-refractivity contribution in [3.05, 3.63) is 64.6 Å². The van der Waals surface area contributed by atoms with Gasteiger partial charge in [0.05, 0.1) is 12.0 Å². The molecular weight excluding hydrogens is 258 g/mol. The Bertz CT molecular complexity index is 834. The molecule has 6 nitrogen and oxygen atoms in total. The molecule has 0 bridgehead atoms. The summed E-state index contributed by atoms with van der Waals surface area (Å²) in [7, 11) is 0. The van der Waals surface area contributed by atoms with Gasteiger partial charge in [0, 0.05) is 6.20 Å². The van der Waals surface area contributed by atoms with Gasteiger partial charge < -0.3 is 9.73 Å². The van der Waals surface area contributed by atoms with Crippen LogP contribution in [0.5, 0.6) is 0 Å². The Morgan fingerprint density at radius 2 is 2.15 bits per heavy atom. The highest BCUT2D eigenvalue weighted by Crippen LogP contribution is 2.10. The van der Waals surface area contributed by atoms with Crippen molar-refractivity contribution in [1.29, 1.82) is 0 Å². The predicted octanol–water partition coefficient (Wildman–Crippen LogP) is 1.85. The van der Waals surface area contributed by atoms with Gasteiger partial charge in [-0.1, -0.05) is 6.07 Å². The molecule has 20 heavy (non-hydrogen) atoms. The van der Waals surface area contributed by atoms with E-state index in [-0.39, 0.29) is 17.0 Å². The first-order valence-electron chi connectivity index (χ1n) is 5.99. The number of hydrogen-bond donors (Lipinski definition) is 1. The van der Waals surface area contributed by atoms with E-state index in [9.17, 15) is 9.59 Å². The zero-order valence-electron chi connectivity index (χ0n) is 10.7. The second kappa shape index (κ2) is 4.65. The molecule has 0 atom stereocenters. The average Bonchev–Trinajstić information content (AvgIpc) is 2.97. The smallest absolute Gasteiger partial charge is 0.291 e. The van der Waals surface area contributed by atoms with E-state index in [0.717, 1.165) is 0 Å². The maximum atomic E-state index is 12.3. The van der Waals surface area contributed by atoms with E-state index in [1.165, 1.54) is 16.7 Å². The Morgan fingerprint density at radius 1 is 1.30 bits per heavy atom. The second-order valence-corrected chi connectivity index (χ2v) is 4.24. The number of amides is 1. The highest BCUT2D eigenvalue weighted by atomic mass is 16.3.